The number of likely N-dealkylation sites (N-methyl/N-ethyl adjacent to an activating group) is 1. The molecule has 0 aromatic heterocycles. The first-order chi connectivity index (χ1) is 8.72. The van der Waals surface area contributed by atoms with Crippen molar-refractivity contribution in [3.05, 3.63) is 29.8 Å². The topological polar surface area (TPSA) is 29.3 Å². The van der Waals surface area contributed by atoms with Crippen LogP contribution in [0.4, 0.5) is 5.69 Å². The summed E-state index contributed by atoms with van der Waals surface area (Å²) in [6.07, 6.45) is 4.58. The van der Waals surface area contributed by atoms with E-state index in [0.717, 1.165) is 13.1 Å². The van der Waals surface area contributed by atoms with E-state index in [1.165, 1.54) is 29.8 Å². The van der Waals surface area contributed by atoms with Gasteiger partial charge in [0.2, 0.25) is 0 Å². The van der Waals surface area contributed by atoms with Crippen LogP contribution in [0.25, 0.3) is 0 Å². The molecule has 0 aliphatic heterocycles. The molecule has 1 atom stereocenters. The van der Waals surface area contributed by atoms with Crippen molar-refractivity contribution in [3.63, 3.8) is 0 Å². The number of aryl methyl sites for hydroxylation is 1. The van der Waals surface area contributed by atoms with Crippen LogP contribution in [0.3, 0.4) is 0 Å². The van der Waals surface area contributed by atoms with Crippen LogP contribution in [-0.4, -0.2) is 31.1 Å². The standard InChI is InChI=1S/C15H26N2S/c1-4-17(14-9-7-13(2)8-10-14)15(12-16)6-5-11-18-3/h7-10,15H,4-6,11-12,16H2,1-3H3. The van der Waals surface area contributed by atoms with Gasteiger partial charge in [0.05, 0.1) is 0 Å². The van der Waals surface area contributed by atoms with Crippen molar-refractivity contribution in [1.29, 1.82) is 0 Å². The van der Waals surface area contributed by atoms with Crippen LogP contribution >= 0.6 is 11.8 Å². The van der Waals surface area contributed by atoms with Crippen molar-refractivity contribution in [2.75, 3.05) is 30.0 Å². The molecule has 2 nitrogen and oxygen atoms in total. The SMILES string of the molecule is CCN(c1ccc(C)cc1)C(CN)CCCSC. The molecule has 0 saturated heterocycles. The van der Waals surface area contributed by atoms with Crippen LogP contribution < -0.4 is 10.6 Å². The number of nitrogens with two attached hydrogens (primary N) is 1. The molecule has 3 heteroatoms. The molecule has 1 aromatic carbocycles. The highest BCUT2D eigenvalue weighted by Crippen LogP contribution is 2.20. The van der Waals surface area contributed by atoms with Gasteiger partial charge in [-0.15, -0.1) is 0 Å². The molecular weight excluding hydrogens is 240 g/mol. The van der Waals surface area contributed by atoms with Gasteiger partial charge in [-0.2, -0.15) is 11.8 Å². The molecule has 18 heavy (non-hydrogen) atoms. The van der Waals surface area contributed by atoms with Crippen molar-refractivity contribution < 1.29 is 0 Å². The molecule has 0 heterocycles. The maximum absolute atomic E-state index is 5.95. The van der Waals surface area contributed by atoms with Crippen LogP contribution in [0, 0.1) is 6.92 Å². The number of hydrogen-bond donors (Lipinski definition) is 1. The van der Waals surface area contributed by atoms with Crippen LogP contribution in [0.15, 0.2) is 24.3 Å². The van der Waals surface area contributed by atoms with E-state index in [0.29, 0.717) is 6.04 Å². The second-order valence-electron chi connectivity index (χ2n) is 4.65. The zero-order chi connectivity index (χ0) is 13.4. The Morgan fingerprint density at radius 3 is 2.44 bits per heavy atom. The number of benzene rings is 1. The van der Waals surface area contributed by atoms with Gasteiger partial charge in [-0.25, -0.2) is 0 Å². The van der Waals surface area contributed by atoms with Crippen molar-refractivity contribution >= 4 is 17.4 Å². The Balaban J connectivity index is 2.69. The highest BCUT2D eigenvalue weighted by atomic mass is 32.2. The molecule has 0 radical (unpaired) electrons. The number of anilines is 1. The Kier molecular flexibility index (Phi) is 7.21. The highest BCUT2D eigenvalue weighted by Gasteiger charge is 2.15. The third-order valence-corrected chi connectivity index (χ3v) is 4.00. The monoisotopic (exact) mass is 266 g/mol. The van der Waals surface area contributed by atoms with Gasteiger partial charge in [0.1, 0.15) is 0 Å². The number of hydrogen-bond acceptors (Lipinski definition) is 3. The zero-order valence-electron chi connectivity index (χ0n) is 11.9. The predicted octanol–water partition coefficient (Wildman–Crippen LogP) is 3.29. The maximum atomic E-state index is 5.95. The number of thioether (sulfide) groups is 1. The third kappa shape index (κ3) is 4.54. The summed E-state index contributed by atoms with van der Waals surface area (Å²) in [7, 11) is 0. The van der Waals surface area contributed by atoms with Gasteiger partial charge < -0.3 is 10.6 Å². The molecule has 0 fully saturated rings. The van der Waals surface area contributed by atoms with Crippen LogP contribution in [0.2, 0.25) is 0 Å². The minimum atomic E-state index is 0.463. The van der Waals surface area contributed by atoms with E-state index in [9.17, 15) is 0 Å². The molecule has 0 aliphatic rings. The van der Waals surface area contributed by atoms with E-state index < -0.39 is 0 Å². The first-order valence-electron chi connectivity index (χ1n) is 6.75. The Bertz CT molecular complexity index is 324. The van der Waals surface area contributed by atoms with E-state index >= 15 is 0 Å². The number of rotatable bonds is 8. The van der Waals surface area contributed by atoms with E-state index in [1.807, 2.05) is 11.8 Å². The summed E-state index contributed by atoms with van der Waals surface area (Å²) in [5.74, 6) is 1.22. The lowest BCUT2D eigenvalue weighted by Crippen LogP contribution is -2.40. The van der Waals surface area contributed by atoms with Crippen LogP contribution in [0.5, 0.6) is 0 Å². The molecule has 0 spiro atoms. The van der Waals surface area contributed by atoms with Crippen LogP contribution in [-0.2, 0) is 0 Å². The van der Waals surface area contributed by atoms with Crippen molar-refractivity contribution in [3.8, 4) is 0 Å². The van der Waals surface area contributed by atoms with Gasteiger partial charge in [-0.1, -0.05) is 17.7 Å². The quantitative estimate of drug-likeness (QED) is 0.732. The minimum Gasteiger partial charge on any atom is -0.368 e. The summed E-state index contributed by atoms with van der Waals surface area (Å²) >= 11 is 1.91. The Labute approximate surface area is 116 Å². The smallest absolute Gasteiger partial charge is 0.0412 e. The Morgan fingerprint density at radius 1 is 1.28 bits per heavy atom. The van der Waals surface area contributed by atoms with Crippen molar-refractivity contribution in [1.82, 2.24) is 0 Å². The maximum Gasteiger partial charge on any atom is 0.0412 e. The summed E-state index contributed by atoms with van der Waals surface area (Å²) < 4.78 is 0. The Hall–Kier alpha value is -0.670. The largest absolute Gasteiger partial charge is 0.368 e. The zero-order valence-corrected chi connectivity index (χ0v) is 12.7. The third-order valence-electron chi connectivity index (χ3n) is 3.30. The minimum absolute atomic E-state index is 0.463. The summed E-state index contributed by atoms with van der Waals surface area (Å²) in [5, 5.41) is 0. The fourth-order valence-electron chi connectivity index (χ4n) is 2.25. The molecule has 102 valence electrons. The lowest BCUT2D eigenvalue weighted by molar-refractivity contribution is 0.560. The summed E-state index contributed by atoms with van der Waals surface area (Å²) in [6, 6.07) is 9.22. The van der Waals surface area contributed by atoms with E-state index in [2.05, 4.69) is 49.3 Å². The van der Waals surface area contributed by atoms with E-state index in [4.69, 9.17) is 5.73 Å². The lowest BCUT2D eigenvalue weighted by Gasteiger charge is -2.32. The van der Waals surface area contributed by atoms with Crippen molar-refractivity contribution in [2.45, 2.75) is 32.7 Å². The highest BCUT2D eigenvalue weighted by molar-refractivity contribution is 7.98. The van der Waals surface area contributed by atoms with Gasteiger partial charge >= 0.3 is 0 Å². The van der Waals surface area contributed by atoms with Gasteiger partial charge in [-0.05, 0) is 50.8 Å². The second-order valence-corrected chi connectivity index (χ2v) is 5.63. The molecular formula is C15H26N2S. The molecule has 2 N–H and O–H groups in total. The molecule has 0 amide bonds. The summed E-state index contributed by atoms with van der Waals surface area (Å²) in [6.45, 7) is 6.08. The average Bonchev–Trinajstić information content (AvgIpc) is 2.40. The Morgan fingerprint density at radius 2 is 1.94 bits per heavy atom. The van der Waals surface area contributed by atoms with E-state index in [1.54, 1.807) is 0 Å². The first-order valence-corrected chi connectivity index (χ1v) is 8.14. The lowest BCUT2D eigenvalue weighted by atomic mass is 10.1. The van der Waals surface area contributed by atoms with Gasteiger partial charge in [0, 0.05) is 24.8 Å². The fourth-order valence-corrected chi connectivity index (χ4v) is 2.71. The fraction of sp³-hybridized carbons (Fsp3) is 0.600. The normalized spacial score (nSPS) is 12.4. The molecule has 0 bridgehead atoms. The van der Waals surface area contributed by atoms with Gasteiger partial charge in [0.15, 0.2) is 0 Å². The van der Waals surface area contributed by atoms with Crippen LogP contribution in [0.1, 0.15) is 25.3 Å². The van der Waals surface area contributed by atoms with Gasteiger partial charge in [-0.3, -0.25) is 0 Å². The molecule has 1 aromatic rings. The molecule has 0 saturated carbocycles. The molecule has 1 rings (SSSR count). The van der Waals surface area contributed by atoms with Gasteiger partial charge in [0.25, 0.3) is 0 Å². The number of nitrogens with zero attached hydrogens (tertiary/aromatic N) is 1. The average molecular weight is 266 g/mol. The summed E-state index contributed by atoms with van der Waals surface area (Å²) in [5.41, 5.74) is 8.55. The second kappa shape index (κ2) is 8.44. The molecule has 0 aliphatic carbocycles. The van der Waals surface area contributed by atoms with Crippen molar-refractivity contribution in [2.24, 2.45) is 5.73 Å². The first kappa shape index (κ1) is 15.4. The summed E-state index contributed by atoms with van der Waals surface area (Å²) in [4.78, 5) is 2.43. The van der Waals surface area contributed by atoms with E-state index in [-0.39, 0.29) is 0 Å². The molecule has 1 unspecified atom stereocenters. The predicted molar refractivity (Wildman–Crippen MR) is 84.7 cm³/mol.